The van der Waals surface area contributed by atoms with Crippen molar-refractivity contribution < 1.29 is 25.9 Å². The summed E-state index contributed by atoms with van der Waals surface area (Å²) in [7, 11) is -8.51. The van der Waals surface area contributed by atoms with Gasteiger partial charge in [-0.15, -0.1) is 0 Å². The first-order valence-electron chi connectivity index (χ1n) is 11.2. The van der Waals surface area contributed by atoms with Crippen molar-refractivity contribution in [1.29, 1.82) is 0 Å². The highest BCUT2D eigenvalue weighted by Gasteiger charge is 2.23. The standard InChI is InChI=1S/C26H30O6S2/c1-3-20(22-7-5-4-6-8-22)18-24(23-11-15-26(16-12-23)34(30,31)32)17-19(2)21-9-13-25(14-10-21)33(27,28)29/h4-16,19-20,24H,3,17-18H2,1-2H3,(H,27,28,29)(H,30,31,32). The van der Waals surface area contributed by atoms with Gasteiger partial charge in [0.15, 0.2) is 0 Å². The highest BCUT2D eigenvalue weighted by atomic mass is 32.2. The fourth-order valence-corrected chi connectivity index (χ4v) is 5.38. The van der Waals surface area contributed by atoms with E-state index in [1.165, 1.54) is 29.8 Å². The van der Waals surface area contributed by atoms with Crippen molar-refractivity contribution in [3.63, 3.8) is 0 Å². The largest absolute Gasteiger partial charge is 0.294 e. The van der Waals surface area contributed by atoms with Crippen LogP contribution < -0.4 is 0 Å². The number of hydrogen-bond acceptors (Lipinski definition) is 4. The topological polar surface area (TPSA) is 109 Å². The molecule has 0 aliphatic carbocycles. The molecule has 8 heteroatoms. The predicted molar refractivity (Wildman–Crippen MR) is 132 cm³/mol. The number of benzene rings is 3. The molecule has 0 aliphatic heterocycles. The van der Waals surface area contributed by atoms with E-state index in [4.69, 9.17) is 0 Å². The van der Waals surface area contributed by atoms with E-state index < -0.39 is 20.2 Å². The summed E-state index contributed by atoms with van der Waals surface area (Å²) in [4.78, 5) is -0.283. The summed E-state index contributed by atoms with van der Waals surface area (Å²) in [6.45, 7) is 4.21. The first-order valence-corrected chi connectivity index (χ1v) is 14.1. The quantitative estimate of drug-likeness (QED) is 0.327. The van der Waals surface area contributed by atoms with E-state index in [0.29, 0.717) is 5.92 Å². The predicted octanol–water partition coefficient (Wildman–Crippen LogP) is 6.04. The molecule has 0 heterocycles. The Morgan fingerprint density at radius 1 is 0.618 bits per heavy atom. The fraction of sp³-hybridized carbons (Fsp3) is 0.308. The highest BCUT2D eigenvalue weighted by Crippen LogP contribution is 2.38. The summed E-state index contributed by atoms with van der Waals surface area (Å²) in [5.74, 6) is 0.480. The van der Waals surface area contributed by atoms with E-state index in [-0.39, 0.29) is 21.6 Å². The van der Waals surface area contributed by atoms with Gasteiger partial charge in [-0.3, -0.25) is 9.11 Å². The van der Waals surface area contributed by atoms with Crippen molar-refractivity contribution in [2.45, 2.75) is 60.7 Å². The van der Waals surface area contributed by atoms with Crippen LogP contribution in [0.15, 0.2) is 88.7 Å². The molecule has 0 amide bonds. The van der Waals surface area contributed by atoms with Crippen LogP contribution in [0.25, 0.3) is 0 Å². The molecular weight excluding hydrogens is 472 g/mol. The summed E-state index contributed by atoms with van der Waals surface area (Å²) < 4.78 is 64.2. The summed E-state index contributed by atoms with van der Waals surface area (Å²) in [5, 5.41) is 0. The highest BCUT2D eigenvalue weighted by molar-refractivity contribution is 7.86. The van der Waals surface area contributed by atoms with Crippen LogP contribution in [0.1, 0.15) is 67.6 Å². The lowest BCUT2D eigenvalue weighted by atomic mass is 9.78. The zero-order valence-corrected chi connectivity index (χ0v) is 20.8. The first-order chi connectivity index (χ1) is 16.0. The van der Waals surface area contributed by atoms with Crippen LogP contribution in [0.5, 0.6) is 0 Å². The van der Waals surface area contributed by atoms with Gasteiger partial charge >= 0.3 is 0 Å². The molecule has 3 aromatic carbocycles. The van der Waals surface area contributed by atoms with Crippen LogP contribution in [0, 0.1) is 0 Å². The molecule has 3 rings (SSSR count). The average Bonchev–Trinajstić information content (AvgIpc) is 2.81. The number of rotatable bonds is 10. The van der Waals surface area contributed by atoms with Gasteiger partial charge in [0.05, 0.1) is 9.79 Å². The van der Waals surface area contributed by atoms with Gasteiger partial charge < -0.3 is 0 Å². The minimum Gasteiger partial charge on any atom is -0.282 e. The van der Waals surface area contributed by atoms with Crippen molar-refractivity contribution in [3.05, 3.63) is 95.6 Å². The molecule has 0 aliphatic rings. The molecule has 0 aromatic heterocycles. The minimum atomic E-state index is -4.27. The Bertz CT molecular complexity index is 1280. The van der Waals surface area contributed by atoms with Gasteiger partial charge in [-0.05, 0) is 78.0 Å². The Labute approximate surface area is 202 Å². The smallest absolute Gasteiger partial charge is 0.282 e. The molecular formula is C26H30O6S2. The number of hydrogen-bond donors (Lipinski definition) is 2. The third-order valence-corrected chi connectivity index (χ3v) is 8.10. The Morgan fingerprint density at radius 2 is 1.06 bits per heavy atom. The van der Waals surface area contributed by atoms with Gasteiger partial charge in [0, 0.05) is 0 Å². The second kappa shape index (κ2) is 10.8. The van der Waals surface area contributed by atoms with E-state index in [9.17, 15) is 25.9 Å². The zero-order valence-electron chi connectivity index (χ0n) is 19.2. The molecule has 3 atom stereocenters. The molecule has 0 fully saturated rings. The second-order valence-corrected chi connectivity index (χ2v) is 11.5. The zero-order chi connectivity index (χ0) is 24.9. The monoisotopic (exact) mass is 502 g/mol. The normalized spacial score (nSPS) is 14.9. The molecule has 3 unspecified atom stereocenters. The van der Waals surface area contributed by atoms with Gasteiger partial charge in [-0.1, -0.05) is 68.4 Å². The third-order valence-electron chi connectivity index (χ3n) is 6.37. The van der Waals surface area contributed by atoms with Crippen molar-refractivity contribution in [2.75, 3.05) is 0 Å². The molecule has 2 N–H and O–H groups in total. The summed E-state index contributed by atoms with van der Waals surface area (Å²) in [6.07, 6.45) is 2.54. The van der Waals surface area contributed by atoms with E-state index in [2.05, 4.69) is 26.0 Å². The van der Waals surface area contributed by atoms with Crippen molar-refractivity contribution >= 4 is 20.2 Å². The van der Waals surface area contributed by atoms with Crippen LogP contribution in [0.3, 0.4) is 0 Å². The van der Waals surface area contributed by atoms with Crippen molar-refractivity contribution in [1.82, 2.24) is 0 Å². The van der Waals surface area contributed by atoms with Crippen molar-refractivity contribution in [3.8, 4) is 0 Å². The SMILES string of the molecule is CCC(CC(CC(C)c1ccc(S(=O)(=O)O)cc1)c1ccc(S(=O)(=O)O)cc1)c1ccccc1. The third kappa shape index (κ3) is 6.76. The average molecular weight is 503 g/mol. The Balaban J connectivity index is 1.90. The second-order valence-electron chi connectivity index (χ2n) is 8.67. The van der Waals surface area contributed by atoms with E-state index in [1.54, 1.807) is 24.3 Å². The van der Waals surface area contributed by atoms with E-state index in [1.807, 2.05) is 18.2 Å². The lowest BCUT2D eigenvalue weighted by molar-refractivity contribution is 0.466. The molecule has 6 nitrogen and oxygen atoms in total. The maximum absolute atomic E-state index is 11.5. The molecule has 34 heavy (non-hydrogen) atoms. The Kier molecular flexibility index (Phi) is 8.30. The van der Waals surface area contributed by atoms with Crippen LogP contribution in [0.4, 0.5) is 0 Å². The Hall–Kier alpha value is -2.52. The van der Waals surface area contributed by atoms with Crippen LogP contribution >= 0.6 is 0 Å². The molecule has 0 saturated heterocycles. The lowest BCUT2D eigenvalue weighted by Gasteiger charge is -2.26. The summed E-state index contributed by atoms with van der Waals surface area (Å²) in [5.41, 5.74) is 3.16. The maximum Gasteiger partial charge on any atom is 0.294 e. The van der Waals surface area contributed by atoms with Gasteiger partial charge in [0.1, 0.15) is 0 Å². The van der Waals surface area contributed by atoms with E-state index >= 15 is 0 Å². The lowest BCUT2D eigenvalue weighted by Crippen LogP contribution is -2.10. The van der Waals surface area contributed by atoms with Gasteiger partial charge in [0.25, 0.3) is 20.2 Å². The maximum atomic E-state index is 11.5. The molecule has 0 spiro atoms. The molecule has 0 radical (unpaired) electrons. The Morgan fingerprint density at radius 3 is 1.50 bits per heavy atom. The summed E-state index contributed by atoms with van der Waals surface area (Å²) >= 11 is 0. The van der Waals surface area contributed by atoms with Crippen LogP contribution in [0.2, 0.25) is 0 Å². The van der Waals surface area contributed by atoms with E-state index in [0.717, 1.165) is 30.4 Å². The molecule has 182 valence electrons. The minimum absolute atomic E-state index is 0.0787. The molecule has 0 bridgehead atoms. The van der Waals surface area contributed by atoms with Crippen LogP contribution in [-0.4, -0.2) is 25.9 Å². The van der Waals surface area contributed by atoms with Crippen LogP contribution in [-0.2, 0) is 20.2 Å². The van der Waals surface area contributed by atoms with Gasteiger partial charge in [-0.25, -0.2) is 0 Å². The molecule has 3 aromatic rings. The van der Waals surface area contributed by atoms with Gasteiger partial charge in [0.2, 0.25) is 0 Å². The first kappa shape index (κ1) is 26.1. The van der Waals surface area contributed by atoms with Gasteiger partial charge in [-0.2, -0.15) is 16.8 Å². The molecule has 0 saturated carbocycles. The summed E-state index contributed by atoms with van der Waals surface area (Å²) in [6, 6.07) is 22.8. The van der Waals surface area contributed by atoms with Crippen molar-refractivity contribution in [2.24, 2.45) is 0 Å². The fourth-order valence-electron chi connectivity index (χ4n) is 4.42.